The maximum absolute atomic E-state index is 14.0. The van der Waals surface area contributed by atoms with Crippen LogP contribution in [0.4, 0.5) is 14.9 Å². The fourth-order valence-corrected chi connectivity index (χ4v) is 4.26. The Morgan fingerprint density at radius 2 is 1.81 bits per heavy atom. The van der Waals surface area contributed by atoms with E-state index >= 15 is 0 Å². The molecule has 1 aliphatic rings. The number of carbonyl (C=O) groups is 3. The highest BCUT2D eigenvalue weighted by molar-refractivity contribution is 6.30. The first kappa shape index (κ1) is 25.2. The summed E-state index contributed by atoms with van der Waals surface area (Å²) in [6, 6.07) is 18.2. The van der Waals surface area contributed by atoms with E-state index in [9.17, 15) is 18.8 Å². The molecule has 1 aliphatic heterocycles. The third-order valence-electron chi connectivity index (χ3n) is 5.62. The van der Waals surface area contributed by atoms with Crippen LogP contribution >= 0.6 is 11.6 Å². The first-order valence-corrected chi connectivity index (χ1v) is 11.8. The predicted octanol–water partition coefficient (Wildman–Crippen LogP) is 5.32. The molecule has 1 fully saturated rings. The Bertz CT molecular complexity index is 1300. The lowest BCUT2D eigenvalue weighted by Crippen LogP contribution is -2.48. The minimum atomic E-state index is -0.962. The van der Waals surface area contributed by atoms with Gasteiger partial charge in [0.25, 0.3) is 5.91 Å². The van der Waals surface area contributed by atoms with Crippen molar-refractivity contribution in [2.45, 2.75) is 38.6 Å². The lowest BCUT2D eigenvalue weighted by molar-refractivity contribution is -0.126. The third kappa shape index (κ3) is 5.66. The summed E-state index contributed by atoms with van der Waals surface area (Å²) < 4.78 is 19.7. The number of nitrogens with one attached hydrogen (secondary N) is 2. The molecular formula is C27H25ClFN3O4. The number of hydrogen-bond donors (Lipinski definition) is 2. The largest absolute Gasteiger partial charge is 0.438 e. The highest BCUT2D eigenvalue weighted by Crippen LogP contribution is 2.35. The van der Waals surface area contributed by atoms with Gasteiger partial charge in [-0.25, -0.2) is 9.18 Å². The highest BCUT2D eigenvalue weighted by atomic mass is 35.5. The predicted molar refractivity (Wildman–Crippen MR) is 134 cm³/mol. The molecular weight excluding hydrogens is 485 g/mol. The molecule has 0 bridgehead atoms. The molecule has 4 rings (SSSR count). The molecule has 2 N–H and O–H groups in total. The molecule has 0 spiro atoms. The minimum absolute atomic E-state index is 0.0999. The van der Waals surface area contributed by atoms with E-state index in [-0.39, 0.29) is 24.1 Å². The van der Waals surface area contributed by atoms with Gasteiger partial charge in [-0.2, -0.15) is 0 Å². The summed E-state index contributed by atoms with van der Waals surface area (Å²) in [4.78, 5) is 40.1. The maximum Gasteiger partial charge on any atom is 0.411 e. The standard InChI is InChI=1S/C27H25ClFN3O4/c1-16(2)30-26(34)23-24(36-27(35)32(23)15-17-7-5-9-19(28)13-17)18-8-6-10-20(14-18)31-25(33)21-11-3-4-12-22(21)29/h3-14,16,23-24H,15H2,1-2H3,(H,30,34)(H,31,33)/t23-,24+/m0/s1. The number of cyclic esters (lactones) is 1. The molecule has 3 amide bonds. The lowest BCUT2D eigenvalue weighted by atomic mass is 9.99. The number of rotatable bonds is 7. The molecule has 1 heterocycles. The van der Waals surface area contributed by atoms with Crippen LogP contribution < -0.4 is 10.6 Å². The number of halogens is 2. The fraction of sp³-hybridized carbons (Fsp3) is 0.222. The van der Waals surface area contributed by atoms with Gasteiger partial charge in [0, 0.05) is 16.8 Å². The van der Waals surface area contributed by atoms with Crippen molar-refractivity contribution in [1.82, 2.24) is 10.2 Å². The van der Waals surface area contributed by atoms with Gasteiger partial charge in [-0.05, 0) is 61.4 Å². The summed E-state index contributed by atoms with van der Waals surface area (Å²) in [5, 5.41) is 6.03. The second-order valence-corrected chi connectivity index (χ2v) is 9.17. The zero-order chi connectivity index (χ0) is 25.8. The van der Waals surface area contributed by atoms with E-state index in [4.69, 9.17) is 16.3 Å². The van der Waals surface area contributed by atoms with E-state index in [2.05, 4.69) is 10.6 Å². The van der Waals surface area contributed by atoms with Crippen LogP contribution in [0.1, 0.15) is 41.4 Å². The van der Waals surface area contributed by atoms with Gasteiger partial charge in [-0.1, -0.05) is 48.0 Å². The summed E-state index contributed by atoms with van der Waals surface area (Å²) >= 11 is 6.10. The lowest BCUT2D eigenvalue weighted by Gasteiger charge is -2.25. The van der Waals surface area contributed by atoms with Crippen molar-refractivity contribution in [2.75, 3.05) is 5.32 Å². The monoisotopic (exact) mass is 509 g/mol. The molecule has 0 aromatic heterocycles. The van der Waals surface area contributed by atoms with Crippen molar-refractivity contribution >= 4 is 35.2 Å². The van der Waals surface area contributed by atoms with Crippen LogP contribution in [-0.4, -0.2) is 34.9 Å². The van der Waals surface area contributed by atoms with Gasteiger partial charge in [-0.3, -0.25) is 14.5 Å². The number of benzene rings is 3. The second-order valence-electron chi connectivity index (χ2n) is 8.73. The summed E-state index contributed by atoms with van der Waals surface area (Å²) in [6.45, 7) is 3.77. The van der Waals surface area contributed by atoms with Crippen LogP contribution in [0.25, 0.3) is 0 Å². The number of ether oxygens (including phenoxy) is 1. The summed E-state index contributed by atoms with van der Waals surface area (Å²) in [5.74, 6) is -1.63. The van der Waals surface area contributed by atoms with Crippen LogP contribution in [0.15, 0.2) is 72.8 Å². The van der Waals surface area contributed by atoms with Crippen molar-refractivity contribution in [3.63, 3.8) is 0 Å². The SMILES string of the molecule is CC(C)NC(=O)[C@@H]1[C@@H](c2cccc(NC(=O)c3ccccc3F)c2)OC(=O)N1Cc1cccc(Cl)c1. The van der Waals surface area contributed by atoms with E-state index in [0.29, 0.717) is 16.3 Å². The summed E-state index contributed by atoms with van der Waals surface area (Å²) in [6.07, 6.45) is -1.58. The first-order valence-electron chi connectivity index (χ1n) is 11.4. The maximum atomic E-state index is 14.0. The molecule has 7 nitrogen and oxygen atoms in total. The average molecular weight is 510 g/mol. The molecule has 0 radical (unpaired) electrons. The Hall–Kier alpha value is -3.91. The smallest absolute Gasteiger partial charge is 0.411 e. The van der Waals surface area contributed by atoms with Gasteiger partial charge in [-0.15, -0.1) is 0 Å². The molecule has 36 heavy (non-hydrogen) atoms. The van der Waals surface area contributed by atoms with Gasteiger partial charge < -0.3 is 15.4 Å². The van der Waals surface area contributed by atoms with E-state index < -0.39 is 30.0 Å². The highest BCUT2D eigenvalue weighted by Gasteiger charge is 2.47. The zero-order valence-electron chi connectivity index (χ0n) is 19.7. The van der Waals surface area contributed by atoms with Gasteiger partial charge in [0.15, 0.2) is 12.1 Å². The summed E-state index contributed by atoms with van der Waals surface area (Å²) in [7, 11) is 0. The molecule has 3 aromatic rings. The van der Waals surface area contributed by atoms with Crippen LogP contribution in [0.5, 0.6) is 0 Å². The van der Waals surface area contributed by atoms with Crippen LogP contribution in [-0.2, 0) is 16.1 Å². The number of hydrogen-bond acceptors (Lipinski definition) is 4. The average Bonchev–Trinajstić information content (AvgIpc) is 3.15. The van der Waals surface area contributed by atoms with Gasteiger partial charge >= 0.3 is 6.09 Å². The Kier molecular flexibility index (Phi) is 7.55. The van der Waals surface area contributed by atoms with E-state index in [1.54, 1.807) is 48.5 Å². The van der Waals surface area contributed by atoms with Crippen molar-refractivity contribution in [1.29, 1.82) is 0 Å². The Labute approximate surface area is 213 Å². The van der Waals surface area contributed by atoms with Crippen molar-refractivity contribution in [2.24, 2.45) is 0 Å². The van der Waals surface area contributed by atoms with E-state index in [0.717, 1.165) is 5.56 Å². The Morgan fingerprint density at radius 1 is 1.06 bits per heavy atom. The third-order valence-corrected chi connectivity index (χ3v) is 5.85. The Balaban J connectivity index is 1.62. The molecule has 0 aliphatic carbocycles. The Morgan fingerprint density at radius 3 is 2.53 bits per heavy atom. The number of anilines is 1. The molecule has 9 heteroatoms. The fourth-order valence-electron chi connectivity index (χ4n) is 4.05. The van der Waals surface area contributed by atoms with E-state index in [1.165, 1.54) is 23.1 Å². The molecule has 1 saturated heterocycles. The van der Waals surface area contributed by atoms with Crippen molar-refractivity contribution < 1.29 is 23.5 Å². The topological polar surface area (TPSA) is 87.7 Å². The quantitative estimate of drug-likeness (QED) is 0.451. The molecule has 0 saturated carbocycles. The van der Waals surface area contributed by atoms with Crippen LogP contribution in [0.3, 0.4) is 0 Å². The minimum Gasteiger partial charge on any atom is -0.438 e. The van der Waals surface area contributed by atoms with Crippen molar-refractivity contribution in [3.05, 3.63) is 100 Å². The molecule has 0 unspecified atom stereocenters. The van der Waals surface area contributed by atoms with Crippen LogP contribution in [0.2, 0.25) is 5.02 Å². The van der Waals surface area contributed by atoms with Gasteiger partial charge in [0.1, 0.15) is 5.82 Å². The second kappa shape index (κ2) is 10.8. The first-order chi connectivity index (χ1) is 17.2. The summed E-state index contributed by atoms with van der Waals surface area (Å²) in [5.41, 5.74) is 1.52. The van der Waals surface area contributed by atoms with E-state index in [1.807, 2.05) is 19.9 Å². The van der Waals surface area contributed by atoms with Gasteiger partial charge in [0.2, 0.25) is 5.91 Å². The number of carbonyl (C=O) groups excluding carboxylic acids is 3. The van der Waals surface area contributed by atoms with Crippen LogP contribution in [0, 0.1) is 5.82 Å². The molecule has 3 aromatic carbocycles. The molecule has 186 valence electrons. The zero-order valence-corrected chi connectivity index (χ0v) is 20.5. The number of nitrogens with zero attached hydrogens (tertiary/aromatic N) is 1. The molecule has 2 atom stereocenters. The number of amides is 3. The van der Waals surface area contributed by atoms with Crippen molar-refractivity contribution in [3.8, 4) is 0 Å². The normalized spacial score (nSPS) is 17.1. The van der Waals surface area contributed by atoms with Gasteiger partial charge in [0.05, 0.1) is 12.1 Å².